The molecule has 2 N–H and O–H groups in total. The van der Waals surface area contributed by atoms with Crippen LogP contribution in [0, 0.1) is 11.8 Å². The van der Waals surface area contributed by atoms with Crippen molar-refractivity contribution in [2.24, 2.45) is 5.73 Å². The molecule has 2 unspecified atom stereocenters. The summed E-state index contributed by atoms with van der Waals surface area (Å²) in [6, 6.07) is 6.87. The van der Waals surface area contributed by atoms with E-state index in [1.807, 2.05) is 13.8 Å². The van der Waals surface area contributed by atoms with Crippen molar-refractivity contribution in [1.82, 2.24) is 4.31 Å². The molecule has 0 aliphatic carbocycles. The summed E-state index contributed by atoms with van der Waals surface area (Å²) in [6.07, 6.45) is 2.91. The van der Waals surface area contributed by atoms with Gasteiger partial charge in [0.25, 0.3) is 0 Å². The Balaban J connectivity index is 2.39. The lowest BCUT2D eigenvalue weighted by molar-refractivity contribution is 0.204. The molecule has 1 aliphatic rings. The highest BCUT2D eigenvalue weighted by Gasteiger charge is 2.35. The molecule has 0 bridgehead atoms. The van der Waals surface area contributed by atoms with Crippen LogP contribution in [0.15, 0.2) is 29.2 Å². The second kappa shape index (κ2) is 6.61. The van der Waals surface area contributed by atoms with Crippen molar-refractivity contribution in [3.63, 3.8) is 0 Å². The second-order valence-corrected chi connectivity index (χ2v) is 7.34. The van der Waals surface area contributed by atoms with Gasteiger partial charge < -0.3 is 5.73 Å². The molecule has 1 fully saturated rings. The van der Waals surface area contributed by atoms with E-state index >= 15 is 0 Å². The predicted octanol–water partition coefficient (Wildman–Crippen LogP) is 1.95. The van der Waals surface area contributed by atoms with Crippen LogP contribution in [0.3, 0.4) is 0 Å². The molecule has 0 amide bonds. The number of nitrogens with zero attached hydrogens (tertiary/aromatic N) is 1. The number of sulfonamides is 1. The molecule has 2 atom stereocenters. The first kappa shape index (κ1) is 16.0. The molecule has 1 saturated heterocycles. The molecular formula is C16H22N2O2S. The van der Waals surface area contributed by atoms with Crippen molar-refractivity contribution in [2.45, 2.75) is 50.1 Å². The maximum Gasteiger partial charge on any atom is 0.243 e. The Morgan fingerprint density at radius 3 is 2.57 bits per heavy atom. The van der Waals surface area contributed by atoms with E-state index in [-0.39, 0.29) is 18.6 Å². The maximum absolute atomic E-state index is 12.9. The third-order valence-electron chi connectivity index (χ3n) is 3.86. The van der Waals surface area contributed by atoms with Gasteiger partial charge in [0.2, 0.25) is 10.0 Å². The van der Waals surface area contributed by atoms with E-state index in [0.717, 1.165) is 19.3 Å². The molecule has 0 saturated carbocycles. The smallest absolute Gasteiger partial charge is 0.243 e. The molecule has 1 aromatic rings. The molecule has 114 valence electrons. The molecular weight excluding hydrogens is 284 g/mol. The van der Waals surface area contributed by atoms with Crippen LogP contribution in [0.2, 0.25) is 0 Å². The van der Waals surface area contributed by atoms with E-state index in [2.05, 4.69) is 11.8 Å². The molecule has 2 rings (SSSR count). The van der Waals surface area contributed by atoms with Crippen molar-refractivity contribution >= 4 is 10.0 Å². The Labute approximate surface area is 127 Å². The summed E-state index contributed by atoms with van der Waals surface area (Å²) in [5.41, 5.74) is 6.03. The molecule has 5 heteroatoms. The molecule has 4 nitrogen and oxygen atoms in total. The third-order valence-corrected chi connectivity index (χ3v) is 5.98. The van der Waals surface area contributed by atoms with E-state index in [1.165, 1.54) is 0 Å². The van der Waals surface area contributed by atoms with E-state index in [1.54, 1.807) is 28.6 Å². The molecule has 1 heterocycles. The van der Waals surface area contributed by atoms with Crippen LogP contribution < -0.4 is 5.73 Å². The molecule has 21 heavy (non-hydrogen) atoms. The van der Waals surface area contributed by atoms with Crippen LogP contribution >= 0.6 is 0 Å². The molecule has 1 aliphatic heterocycles. The number of benzene rings is 1. The fraction of sp³-hybridized carbons (Fsp3) is 0.500. The Morgan fingerprint density at radius 2 is 1.95 bits per heavy atom. The van der Waals surface area contributed by atoms with Crippen LogP contribution in [-0.4, -0.2) is 31.4 Å². The van der Waals surface area contributed by atoms with Gasteiger partial charge in [0, 0.05) is 17.6 Å². The first-order valence-corrected chi connectivity index (χ1v) is 8.73. The SMILES string of the molecule is CC1CCCC(C)N1S(=O)(=O)c1cccc(C#CCN)c1. The minimum atomic E-state index is -3.47. The van der Waals surface area contributed by atoms with Crippen molar-refractivity contribution < 1.29 is 8.42 Å². The second-order valence-electron chi connectivity index (χ2n) is 5.50. The Kier molecular flexibility index (Phi) is 5.04. The number of hydrogen-bond acceptors (Lipinski definition) is 3. The Bertz CT molecular complexity index is 648. The number of hydrogen-bond donors (Lipinski definition) is 1. The van der Waals surface area contributed by atoms with E-state index in [0.29, 0.717) is 10.5 Å². The van der Waals surface area contributed by atoms with Gasteiger partial charge in [0.15, 0.2) is 0 Å². The van der Waals surface area contributed by atoms with Crippen molar-refractivity contribution in [2.75, 3.05) is 6.54 Å². The first-order chi connectivity index (χ1) is 9.96. The van der Waals surface area contributed by atoms with Gasteiger partial charge >= 0.3 is 0 Å². The van der Waals surface area contributed by atoms with Crippen molar-refractivity contribution in [3.05, 3.63) is 29.8 Å². The summed E-state index contributed by atoms with van der Waals surface area (Å²) < 4.78 is 27.4. The normalized spacial score (nSPS) is 23.4. The zero-order valence-corrected chi connectivity index (χ0v) is 13.4. The average Bonchev–Trinajstić information content (AvgIpc) is 2.45. The van der Waals surface area contributed by atoms with Crippen LogP contribution in [0.5, 0.6) is 0 Å². The highest BCUT2D eigenvalue weighted by atomic mass is 32.2. The lowest BCUT2D eigenvalue weighted by atomic mass is 10.0. The molecule has 0 aromatic heterocycles. The van der Waals surface area contributed by atoms with Gasteiger partial charge in [0.05, 0.1) is 11.4 Å². The summed E-state index contributed by atoms with van der Waals surface area (Å²) in [6.45, 7) is 4.22. The van der Waals surface area contributed by atoms with Crippen molar-refractivity contribution in [1.29, 1.82) is 0 Å². The average molecular weight is 306 g/mol. The van der Waals surface area contributed by atoms with Gasteiger partial charge in [-0.2, -0.15) is 4.31 Å². The van der Waals surface area contributed by atoms with Crippen LogP contribution in [0.4, 0.5) is 0 Å². The van der Waals surface area contributed by atoms with Gasteiger partial charge in [-0.05, 0) is 44.9 Å². The van der Waals surface area contributed by atoms with Crippen LogP contribution in [-0.2, 0) is 10.0 Å². The Morgan fingerprint density at radius 1 is 1.29 bits per heavy atom. The fourth-order valence-electron chi connectivity index (χ4n) is 2.88. The van der Waals surface area contributed by atoms with Crippen LogP contribution in [0.25, 0.3) is 0 Å². The first-order valence-electron chi connectivity index (χ1n) is 7.29. The summed E-state index contributed by atoms with van der Waals surface area (Å²) in [5.74, 6) is 5.63. The maximum atomic E-state index is 12.9. The fourth-order valence-corrected chi connectivity index (χ4v) is 4.81. The van der Waals surface area contributed by atoms with E-state index in [4.69, 9.17) is 5.73 Å². The number of rotatable bonds is 2. The van der Waals surface area contributed by atoms with Gasteiger partial charge in [-0.3, -0.25) is 0 Å². The third kappa shape index (κ3) is 3.46. The highest BCUT2D eigenvalue weighted by Crippen LogP contribution is 2.29. The highest BCUT2D eigenvalue weighted by molar-refractivity contribution is 7.89. The van der Waals surface area contributed by atoms with Gasteiger partial charge in [0.1, 0.15) is 0 Å². The van der Waals surface area contributed by atoms with Gasteiger partial charge in [-0.15, -0.1) is 0 Å². The number of nitrogens with two attached hydrogens (primary N) is 1. The zero-order chi connectivity index (χ0) is 15.5. The minimum Gasteiger partial charge on any atom is -0.320 e. The summed E-state index contributed by atoms with van der Waals surface area (Å²) >= 11 is 0. The van der Waals surface area contributed by atoms with Gasteiger partial charge in [-0.25, -0.2) is 8.42 Å². The molecule has 0 radical (unpaired) electrons. The lowest BCUT2D eigenvalue weighted by Crippen LogP contribution is -2.47. The van der Waals surface area contributed by atoms with E-state index < -0.39 is 10.0 Å². The topological polar surface area (TPSA) is 63.4 Å². The largest absolute Gasteiger partial charge is 0.320 e. The zero-order valence-electron chi connectivity index (χ0n) is 12.5. The lowest BCUT2D eigenvalue weighted by Gasteiger charge is -2.37. The van der Waals surface area contributed by atoms with Crippen molar-refractivity contribution in [3.8, 4) is 11.8 Å². The predicted molar refractivity (Wildman–Crippen MR) is 84.2 cm³/mol. The quantitative estimate of drug-likeness (QED) is 0.849. The summed E-state index contributed by atoms with van der Waals surface area (Å²) in [5, 5.41) is 0. The molecule has 0 spiro atoms. The number of piperidine rings is 1. The van der Waals surface area contributed by atoms with Crippen LogP contribution in [0.1, 0.15) is 38.7 Å². The van der Waals surface area contributed by atoms with E-state index in [9.17, 15) is 8.42 Å². The summed E-state index contributed by atoms with van der Waals surface area (Å²) in [7, 11) is -3.47. The van der Waals surface area contributed by atoms with Gasteiger partial charge in [-0.1, -0.05) is 24.3 Å². The summed E-state index contributed by atoms with van der Waals surface area (Å²) in [4.78, 5) is 0.312. The molecule has 1 aromatic carbocycles. The monoisotopic (exact) mass is 306 g/mol. The minimum absolute atomic E-state index is 0.0394. The Hall–Kier alpha value is -1.35. The standard InChI is InChI=1S/C16H22N2O2S/c1-13-6-3-7-14(2)18(13)21(19,20)16-10-4-8-15(12-16)9-5-11-17/h4,8,10,12-14H,3,6-7,11,17H2,1-2H3.